The van der Waals surface area contributed by atoms with Gasteiger partial charge in [0.25, 0.3) is 5.91 Å². The summed E-state index contributed by atoms with van der Waals surface area (Å²) in [5.74, 6) is -1.75. The minimum absolute atomic E-state index is 0.0401. The van der Waals surface area contributed by atoms with Crippen molar-refractivity contribution >= 4 is 35.0 Å². The minimum atomic E-state index is -1.02. The Morgan fingerprint density at radius 3 is 2.70 bits per heavy atom. The Kier molecular flexibility index (Phi) is 7.46. The average molecular weight is 508 g/mol. The van der Waals surface area contributed by atoms with Crippen molar-refractivity contribution in [2.75, 3.05) is 18.9 Å². The summed E-state index contributed by atoms with van der Waals surface area (Å²) in [6.45, 7) is 3.89. The molecule has 196 valence electrons. The molecule has 0 unspecified atom stereocenters. The van der Waals surface area contributed by atoms with E-state index in [9.17, 15) is 29.5 Å². The topological polar surface area (TPSA) is 143 Å². The van der Waals surface area contributed by atoms with Gasteiger partial charge in [-0.2, -0.15) is 5.26 Å². The van der Waals surface area contributed by atoms with Gasteiger partial charge in [0.15, 0.2) is 0 Å². The number of carbonyl (C=O) groups excluding carboxylic acids is 4. The lowest BCUT2D eigenvalue weighted by Gasteiger charge is -2.33. The molecule has 1 saturated carbocycles. The van der Waals surface area contributed by atoms with Crippen LogP contribution in [-0.2, 0) is 24.6 Å². The number of benzene rings is 1. The number of rotatable bonds is 6. The lowest BCUT2D eigenvalue weighted by Crippen LogP contribution is -2.52. The van der Waals surface area contributed by atoms with Crippen molar-refractivity contribution in [1.29, 1.82) is 5.26 Å². The van der Waals surface area contributed by atoms with Crippen LogP contribution in [0.3, 0.4) is 0 Å². The summed E-state index contributed by atoms with van der Waals surface area (Å²) in [5, 5.41) is 22.4. The number of anilines is 1. The first-order chi connectivity index (χ1) is 17.6. The van der Waals surface area contributed by atoms with Crippen molar-refractivity contribution in [2.24, 2.45) is 10.9 Å². The second kappa shape index (κ2) is 10.4. The zero-order valence-corrected chi connectivity index (χ0v) is 21.4. The summed E-state index contributed by atoms with van der Waals surface area (Å²) in [5.41, 5.74) is 1.01. The van der Waals surface area contributed by atoms with Gasteiger partial charge in [0.05, 0.1) is 17.6 Å². The summed E-state index contributed by atoms with van der Waals surface area (Å²) >= 11 is 0. The first-order valence-electron chi connectivity index (χ1n) is 12.7. The fourth-order valence-corrected chi connectivity index (χ4v) is 5.60. The molecule has 1 spiro atoms. The Morgan fingerprint density at radius 1 is 1.32 bits per heavy atom. The van der Waals surface area contributed by atoms with E-state index in [4.69, 9.17) is 0 Å². The molecule has 2 aliphatic heterocycles. The second-order valence-electron chi connectivity index (χ2n) is 10.7. The highest BCUT2D eigenvalue weighted by Gasteiger charge is 2.56. The standard InChI is InChI=1S/C27H33N5O5/c1-16(2)10-22(31(3)24(35)12-23(34)29-17-8-9-19(33)11-17)25(36)32-15-27(13-18(32)14-28)20-6-4-5-7-21(20)30-26(27)37/h4-7,16,18-19,22,33H,8-13,15H2,1-3H3,(H,30,37)/t18-,19-,22-,27-/m0/s1. The Morgan fingerprint density at radius 2 is 2.05 bits per heavy atom. The number of carbonyl (C=O) groups is 4. The van der Waals surface area contributed by atoms with Crippen LogP contribution in [0.2, 0.25) is 0 Å². The van der Waals surface area contributed by atoms with Crippen molar-refractivity contribution < 1.29 is 24.3 Å². The van der Waals surface area contributed by atoms with Crippen LogP contribution < -0.4 is 5.32 Å². The van der Waals surface area contributed by atoms with E-state index in [0.717, 1.165) is 5.56 Å². The first-order valence-corrected chi connectivity index (χ1v) is 12.7. The molecule has 3 aliphatic rings. The normalized spacial score (nSPS) is 26.3. The summed E-state index contributed by atoms with van der Waals surface area (Å²) in [6.07, 6.45) is 0.904. The predicted octanol–water partition coefficient (Wildman–Crippen LogP) is 1.78. The molecule has 37 heavy (non-hydrogen) atoms. The average Bonchev–Trinajstić information content (AvgIpc) is 3.52. The molecule has 4 atom stereocenters. The lowest BCUT2D eigenvalue weighted by molar-refractivity contribution is -0.146. The van der Waals surface area contributed by atoms with Crippen molar-refractivity contribution in [2.45, 2.75) is 76.0 Å². The molecule has 1 aromatic carbocycles. The molecule has 1 aliphatic carbocycles. The number of amides is 4. The number of likely N-dealkylation sites (N-methyl/N-ethyl adjacent to an activating group) is 1. The molecule has 0 bridgehead atoms. The Labute approximate surface area is 216 Å². The third-order valence-electron chi connectivity index (χ3n) is 7.58. The second-order valence-corrected chi connectivity index (χ2v) is 10.7. The molecule has 10 heteroatoms. The molecule has 1 saturated heterocycles. The number of aliphatic imine (C=N–C) groups is 1. The summed E-state index contributed by atoms with van der Waals surface area (Å²) in [7, 11) is 1.48. The van der Waals surface area contributed by atoms with Gasteiger partial charge in [0, 0.05) is 37.8 Å². The van der Waals surface area contributed by atoms with Crippen molar-refractivity contribution in [1.82, 2.24) is 9.80 Å². The van der Waals surface area contributed by atoms with E-state index in [1.54, 1.807) is 6.07 Å². The molecular formula is C27H33N5O5. The van der Waals surface area contributed by atoms with E-state index in [1.165, 1.54) is 16.8 Å². The molecule has 2 heterocycles. The minimum Gasteiger partial charge on any atom is -0.393 e. The summed E-state index contributed by atoms with van der Waals surface area (Å²) in [4.78, 5) is 59.1. The van der Waals surface area contributed by atoms with Crippen molar-refractivity contribution in [3.8, 4) is 6.07 Å². The van der Waals surface area contributed by atoms with E-state index in [0.29, 0.717) is 37.1 Å². The molecular weight excluding hydrogens is 474 g/mol. The highest BCUT2D eigenvalue weighted by atomic mass is 16.3. The quantitative estimate of drug-likeness (QED) is 0.562. The number of aliphatic hydroxyl groups is 1. The Balaban J connectivity index is 1.54. The van der Waals surface area contributed by atoms with Gasteiger partial charge in [-0.3, -0.25) is 19.2 Å². The molecule has 1 aromatic rings. The molecule has 10 nitrogen and oxygen atoms in total. The lowest BCUT2D eigenvalue weighted by atomic mass is 9.80. The van der Waals surface area contributed by atoms with Gasteiger partial charge in [0.2, 0.25) is 17.7 Å². The number of nitrogens with one attached hydrogen (secondary N) is 1. The van der Waals surface area contributed by atoms with Crippen LogP contribution in [0.25, 0.3) is 0 Å². The Bertz CT molecular complexity index is 1190. The number of hydrogen-bond donors (Lipinski definition) is 2. The smallest absolute Gasteiger partial charge is 0.255 e. The largest absolute Gasteiger partial charge is 0.393 e. The maximum Gasteiger partial charge on any atom is 0.255 e. The van der Waals surface area contributed by atoms with Crippen LogP contribution in [0.5, 0.6) is 0 Å². The predicted molar refractivity (Wildman–Crippen MR) is 135 cm³/mol. The molecule has 4 rings (SSSR count). The first kappa shape index (κ1) is 26.5. The maximum atomic E-state index is 13.9. The number of likely N-dealkylation sites (tertiary alicyclic amines) is 1. The van der Waals surface area contributed by atoms with Gasteiger partial charge in [-0.25, -0.2) is 4.99 Å². The molecule has 0 radical (unpaired) electrons. The highest BCUT2D eigenvalue weighted by molar-refractivity contribution is 6.08. The molecule has 2 fully saturated rings. The molecule has 0 aromatic heterocycles. The summed E-state index contributed by atoms with van der Waals surface area (Å²) in [6, 6.07) is 7.74. The number of fused-ring (bicyclic) bond motifs is 2. The van der Waals surface area contributed by atoms with E-state index in [2.05, 4.69) is 16.4 Å². The molecule has 4 amide bonds. The number of nitriles is 1. The fraction of sp³-hybridized carbons (Fsp3) is 0.556. The van der Waals surface area contributed by atoms with Gasteiger partial charge in [-0.05, 0) is 36.8 Å². The number of hydrogen-bond acceptors (Lipinski definition) is 6. The van der Waals surface area contributed by atoms with Crippen molar-refractivity contribution in [3.63, 3.8) is 0 Å². The summed E-state index contributed by atoms with van der Waals surface area (Å²) < 4.78 is 0. The van der Waals surface area contributed by atoms with Crippen LogP contribution in [0.15, 0.2) is 29.3 Å². The molecule has 2 N–H and O–H groups in total. The van der Waals surface area contributed by atoms with Crippen LogP contribution in [-0.4, -0.2) is 76.0 Å². The third-order valence-corrected chi connectivity index (χ3v) is 7.58. The third kappa shape index (κ3) is 5.14. The fourth-order valence-electron chi connectivity index (χ4n) is 5.60. The number of nitrogens with zero attached hydrogens (tertiary/aromatic N) is 4. The van der Waals surface area contributed by atoms with Gasteiger partial charge < -0.3 is 20.2 Å². The maximum absolute atomic E-state index is 13.9. The van der Waals surface area contributed by atoms with Crippen LogP contribution in [0.4, 0.5) is 5.69 Å². The van der Waals surface area contributed by atoms with E-state index in [1.807, 2.05) is 32.0 Å². The monoisotopic (exact) mass is 507 g/mol. The zero-order chi connectivity index (χ0) is 26.9. The van der Waals surface area contributed by atoms with Crippen LogP contribution in [0.1, 0.15) is 57.9 Å². The van der Waals surface area contributed by atoms with Gasteiger partial charge in [0.1, 0.15) is 18.5 Å². The zero-order valence-electron chi connectivity index (χ0n) is 21.4. The van der Waals surface area contributed by atoms with E-state index >= 15 is 0 Å². The van der Waals surface area contributed by atoms with Crippen molar-refractivity contribution in [3.05, 3.63) is 29.8 Å². The van der Waals surface area contributed by atoms with E-state index < -0.39 is 47.7 Å². The highest BCUT2D eigenvalue weighted by Crippen LogP contribution is 2.46. The SMILES string of the molecule is CC(C)C[C@@H](C(=O)N1C[C@]2(C[C@H]1C#N)C(=O)Nc1ccccc12)N(C)C(=O)CC(=O)N=C1CC[C@H](O)C1. The van der Waals surface area contributed by atoms with Gasteiger partial charge in [-0.1, -0.05) is 32.0 Å². The van der Waals surface area contributed by atoms with E-state index in [-0.39, 0.29) is 24.8 Å². The van der Waals surface area contributed by atoms with Gasteiger partial charge >= 0.3 is 0 Å². The number of aliphatic hydroxyl groups excluding tert-OH is 1. The number of para-hydroxylation sites is 1. The van der Waals surface area contributed by atoms with Crippen LogP contribution >= 0.6 is 0 Å². The van der Waals surface area contributed by atoms with Gasteiger partial charge in [-0.15, -0.1) is 0 Å². The van der Waals surface area contributed by atoms with Crippen LogP contribution in [0, 0.1) is 17.2 Å². The Hall–Kier alpha value is -3.58.